The second kappa shape index (κ2) is 9.30. The van der Waals surface area contributed by atoms with Gasteiger partial charge in [0.25, 0.3) is 5.91 Å². The summed E-state index contributed by atoms with van der Waals surface area (Å²) in [7, 11) is 0. The van der Waals surface area contributed by atoms with Gasteiger partial charge in [0.2, 0.25) is 5.78 Å². The van der Waals surface area contributed by atoms with Crippen molar-refractivity contribution in [3.63, 3.8) is 0 Å². The summed E-state index contributed by atoms with van der Waals surface area (Å²) in [4.78, 5) is 30.0. The van der Waals surface area contributed by atoms with Crippen molar-refractivity contribution in [1.82, 2.24) is 9.80 Å². The molecule has 1 aromatic carbocycles. The van der Waals surface area contributed by atoms with E-state index in [1.807, 2.05) is 31.2 Å². The fourth-order valence-corrected chi connectivity index (χ4v) is 3.91. The van der Waals surface area contributed by atoms with Gasteiger partial charge in [0.1, 0.15) is 5.76 Å². The van der Waals surface area contributed by atoms with E-state index in [9.17, 15) is 14.7 Å². The number of furan rings is 1. The molecule has 6 nitrogen and oxygen atoms in total. The fraction of sp³-hybridized carbons (Fsp3) is 0.417. The molecular weight excluding hydrogens is 380 g/mol. The Balaban J connectivity index is 1.94. The van der Waals surface area contributed by atoms with Crippen LogP contribution in [0.4, 0.5) is 0 Å². The molecule has 3 rings (SSSR count). The molecule has 1 N–H and O–H groups in total. The predicted octanol–water partition coefficient (Wildman–Crippen LogP) is 4.21. The first kappa shape index (κ1) is 21.8. The van der Waals surface area contributed by atoms with Crippen molar-refractivity contribution in [3.8, 4) is 0 Å². The van der Waals surface area contributed by atoms with E-state index in [0.29, 0.717) is 12.3 Å². The predicted molar refractivity (Wildman–Crippen MR) is 115 cm³/mol. The molecule has 1 atom stereocenters. The molecule has 0 aliphatic carbocycles. The average Bonchev–Trinajstić information content (AvgIpc) is 3.28. The van der Waals surface area contributed by atoms with Crippen molar-refractivity contribution in [2.75, 3.05) is 26.2 Å². The second-order valence-electron chi connectivity index (χ2n) is 7.69. The molecule has 0 bridgehead atoms. The number of carbonyl (C=O) groups excluding carboxylic acids is 2. The van der Waals surface area contributed by atoms with Crippen LogP contribution in [0.15, 0.2) is 52.1 Å². The molecule has 0 radical (unpaired) electrons. The quantitative estimate of drug-likeness (QED) is 0.627. The highest BCUT2D eigenvalue weighted by atomic mass is 16.3. The van der Waals surface area contributed by atoms with Crippen molar-refractivity contribution in [3.05, 3.63) is 70.4 Å². The maximum atomic E-state index is 13.2. The van der Waals surface area contributed by atoms with Crippen LogP contribution in [0, 0.1) is 13.8 Å². The molecule has 1 amide bonds. The Morgan fingerprint density at radius 3 is 2.33 bits per heavy atom. The Kier molecular flexibility index (Phi) is 6.77. The number of aliphatic hydroxyl groups excluding tert-OH is 1. The van der Waals surface area contributed by atoms with Crippen LogP contribution in [-0.4, -0.2) is 52.8 Å². The average molecular weight is 411 g/mol. The lowest BCUT2D eigenvalue weighted by molar-refractivity contribution is -0.129. The molecule has 0 saturated carbocycles. The van der Waals surface area contributed by atoms with Gasteiger partial charge in [0, 0.05) is 6.54 Å². The molecule has 6 heteroatoms. The monoisotopic (exact) mass is 410 g/mol. The standard InChI is InChI=1S/C24H30N2O4/c1-5-25(6-2)14-7-15-26-21(18-11-8-16(3)9-12-18)20(23(28)24(26)29)22(27)19-13-10-17(4)30-19/h8-13,21,28H,5-7,14-15H2,1-4H3. The summed E-state index contributed by atoms with van der Waals surface area (Å²) in [5.74, 6) is -0.713. The van der Waals surface area contributed by atoms with Crippen molar-refractivity contribution in [1.29, 1.82) is 0 Å². The van der Waals surface area contributed by atoms with E-state index in [2.05, 4.69) is 18.7 Å². The zero-order valence-corrected chi connectivity index (χ0v) is 18.1. The number of Topliss-reactive ketones (excluding diaryl/α,β-unsaturated/α-hetero) is 1. The topological polar surface area (TPSA) is 74.0 Å². The molecule has 1 aromatic heterocycles. The van der Waals surface area contributed by atoms with E-state index >= 15 is 0 Å². The van der Waals surface area contributed by atoms with E-state index in [4.69, 9.17) is 4.42 Å². The fourth-order valence-electron chi connectivity index (χ4n) is 3.91. The third-order valence-corrected chi connectivity index (χ3v) is 5.67. The summed E-state index contributed by atoms with van der Waals surface area (Å²) in [5, 5.41) is 10.7. The Labute approximate surface area is 177 Å². The first-order chi connectivity index (χ1) is 14.4. The Morgan fingerprint density at radius 2 is 1.77 bits per heavy atom. The number of nitrogens with zero attached hydrogens (tertiary/aromatic N) is 2. The van der Waals surface area contributed by atoms with Gasteiger partial charge in [-0.15, -0.1) is 0 Å². The smallest absolute Gasteiger partial charge is 0.290 e. The molecule has 0 spiro atoms. The van der Waals surface area contributed by atoms with Gasteiger partial charge < -0.3 is 19.3 Å². The van der Waals surface area contributed by atoms with Gasteiger partial charge >= 0.3 is 0 Å². The summed E-state index contributed by atoms with van der Waals surface area (Å²) in [6, 6.07) is 10.4. The molecule has 0 fully saturated rings. The molecule has 160 valence electrons. The number of carbonyl (C=O) groups is 2. The lowest BCUT2D eigenvalue weighted by atomic mass is 9.94. The SMILES string of the molecule is CCN(CC)CCCN1C(=O)C(O)=C(C(=O)c2ccc(C)o2)C1c1ccc(C)cc1. The van der Waals surface area contributed by atoms with Crippen LogP contribution in [-0.2, 0) is 4.79 Å². The molecule has 1 unspecified atom stereocenters. The van der Waals surface area contributed by atoms with Crippen molar-refractivity contribution in [2.45, 2.75) is 40.2 Å². The van der Waals surface area contributed by atoms with E-state index in [0.717, 1.165) is 37.2 Å². The van der Waals surface area contributed by atoms with Gasteiger partial charge in [-0.25, -0.2) is 0 Å². The number of benzene rings is 1. The van der Waals surface area contributed by atoms with Crippen molar-refractivity contribution >= 4 is 11.7 Å². The van der Waals surface area contributed by atoms with Crippen LogP contribution < -0.4 is 0 Å². The van der Waals surface area contributed by atoms with Crippen LogP contribution in [0.1, 0.15) is 53.8 Å². The molecule has 1 aliphatic heterocycles. The lowest BCUT2D eigenvalue weighted by Gasteiger charge is -2.28. The number of aryl methyl sites for hydroxylation is 2. The van der Waals surface area contributed by atoms with Crippen LogP contribution >= 0.6 is 0 Å². The van der Waals surface area contributed by atoms with Crippen LogP contribution in [0.5, 0.6) is 0 Å². The third-order valence-electron chi connectivity index (χ3n) is 5.67. The molecule has 0 saturated heterocycles. The van der Waals surface area contributed by atoms with Gasteiger partial charge in [-0.1, -0.05) is 43.7 Å². The summed E-state index contributed by atoms with van der Waals surface area (Å²) < 4.78 is 5.49. The maximum Gasteiger partial charge on any atom is 0.290 e. The molecule has 30 heavy (non-hydrogen) atoms. The molecular formula is C24H30N2O4. The van der Waals surface area contributed by atoms with Gasteiger partial charge in [-0.3, -0.25) is 9.59 Å². The maximum absolute atomic E-state index is 13.2. The van der Waals surface area contributed by atoms with E-state index in [1.54, 1.807) is 24.0 Å². The first-order valence-electron chi connectivity index (χ1n) is 10.5. The summed E-state index contributed by atoms with van der Waals surface area (Å²) in [6.45, 7) is 11.1. The molecule has 2 heterocycles. The van der Waals surface area contributed by atoms with Crippen molar-refractivity contribution in [2.24, 2.45) is 0 Å². The lowest BCUT2D eigenvalue weighted by Crippen LogP contribution is -2.34. The number of aliphatic hydroxyl groups is 1. The summed E-state index contributed by atoms with van der Waals surface area (Å²) in [5.41, 5.74) is 1.97. The summed E-state index contributed by atoms with van der Waals surface area (Å²) in [6.07, 6.45) is 0.754. The highest BCUT2D eigenvalue weighted by molar-refractivity contribution is 6.15. The minimum absolute atomic E-state index is 0.0843. The van der Waals surface area contributed by atoms with Gasteiger partial charge in [0.05, 0.1) is 11.6 Å². The van der Waals surface area contributed by atoms with E-state index in [-0.39, 0.29) is 11.3 Å². The third kappa shape index (κ3) is 4.33. The highest BCUT2D eigenvalue weighted by Gasteiger charge is 2.44. The zero-order chi connectivity index (χ0) is 21.8. The van der Waals surface area contributed by atoms with Crippen molar-refractivity contribution < 1.29 is 19.1 Å². The van der Waals surface area contributed by atoms with Crippen LogP contribution in [0.3, 0.4) is 0 Å². The second-order valence-corrected chi connectivity index (χ2v) is 7.69. The number of rotatable bonds is 9. The van der Waals surface area contributed by atoms with Gasteiger partial charge in [-0.05, 0) is 57.6 Å². The van der Waals surface area contributed by atoms with Gasteiger partial charge in [0.15, 0.2) is 11.5 Å². The first-order valence-corrected chi connectivity index (χ1v) is 10.5. The van der Waals surface area contributed by atoms with E-state index < -0.39 is 23.5 Å². The molecule has 1 aliphatic rings. The number of hydrogen-bond acceptors (Lipinski definition) is 5. The normalized spacial score (nSPS) is 16.8. The number of hydrogen-bond donors (Lipinski definition) is 1. The zero-order valence-electron chi connectivity index (χ0n) is 18.1. The minimum Gasteiger partial charge on any atom is -0.503 e. The minimum atomic E-state index is -0.632. The summed E-state index contributed by atoms with van der Waals surface area (Å²) >= 11 is 0. The van der Waals surface area contributed by atoms with Crippen LogP contribution in [0.2, 0.25) is 0 Å². The number of ketones is 1. The highest BCUT2D eigenvalue weighted by Crippen LogP contribution is 2.39. The largest absolute Gasteiger partial charge is 0.503 e. The van der Waals surface area contributed by atoms with Gasteiger partial charge in [-0.2, -0.15) is 0 Å². The number of amides is 1. The Bertz CT molecular complexity index is 938. The molecule has 2 aromatic rings. The van der Waals surface area contributed by atoms with E-state index in [1.165, 1.54) is 0 Å². The Hall–Kier alpha value is -2.86. The Morgan fingerprint density at radius 1 is 1.10 bits per heavy atom. The van der Waals surface area contributed by atoms with Crippen LogP contribution in [0.25, 0.3) is 0 Å².